The maximum absolute atomic E-state index is 16.0. The number of hydrogen-bond donors (Lipinski definition) is 5. The third-order valence-electron chi connectivity index (χ3n) is 8.11. The third-order valence-corrected chi connectivity index (χ3v) is 9.11. The van der Waals surface area contributed by atoms with Crippen LogP contribution in [0.4, 0.5) is 10.2 Å². The van der Waals surface area contributed by atoms with Crippen LogP contribution in [-0.2, 0) is 28.2 Å². The number of benzene rings is 1. The largest absolute Gasteiger partial charge is 0.481 e. The molecule has 10 nitrogen and oxygen atoms in total. The van der Waals surface area contributed by atoms with Gasteiger partial charge in [-0.25, -0.2) is 14.4 Å². The number of carboxylic acids is 1. The quantitative estimate of drug-likeness (QED) is 0.164. The van der Waals surface area contributed by atoms with Crippen LogP contribution < -0.4 is 26.0 Å². The average molecular weight is 670 g/mol. The molecule has 13 heteroatoms. The molecule has 1 aromatic carbocycles. The van der Waals surface area contributed by atoms with Crippen LogP contribution in [0, 0.1) is 5.82 Å². The summed E-state index contributed by atoms with van der Waals surface area (Å²) in [6.07, 6.45) is 7.98. The summed E-state index contributed by atoms with van der Waals surface area (Å²) >= 11 is 14.7. The van der Waals surface area contributed by atoms with Crippen molar-refractivity contribution in [3.05, 3.63) is 101 Å². The Hall–Kier alpha value is -4.03. The molecule has 46 heavy (non-hydrogen) atoms. The Bertz CT molecular complexity index is 1650. The van der Waals surface area contributed by atoms with Crippen molar-refractivity contribution in [3.63, 3.8) is 0 Å². The van der Waals surface area contributed by atoms with E-state index in [-0.39, 0.29) is 29.9 Å². The first-order valence-electron chi connectivity index (χ1n) is 14.8. The van der Waals surface area contributed by atoms with Crippen molar-refractivity contribution in [2.24, 2.45) is 0 Å². The van der Waals surface area contributed by atoms with E-state index in [4.69, 9.17) is 32.9 Å². The highest BCUT2D eigenvalue weighted by Gasteiger charge is 2.55. The summed E-state index contributed by atoms with van der Waals surface area (Å²) in [5, 5.41) is 21.5. The molecule has 2 aliphatic rings. The van der Waals surface area contributed by atoms with Crippen molar-refractivity contribution >= 4 is 46.5 Å². The SMILES string of the molecule is COc1nc(C2(Nc3nccc(CNC(C)C(=O)O)c3F)C=CC=C(c3ccccc3)C2(Cl)Cl)ccc1CNCC1CCC(=O)N1. The number of halogens is 3. The van der Waals surface area contributed by atoms with Crippen LogP contribution in [-0.4, -0.2) is 57.0 Å². The van der Waals surface area contributed by atoms with Gasteiger partial charge in [-0.15, -0.1) is 0 Å². The lowest BCUT2D eigenvalue weighted by molar-refractivity contribution is -0.139. The molecule has 3 atom stereocenters. The highest BCUT2D eigenvalue weighted by Crippen LogP contribution is 2.54. The van der Waals surface area contributed by atoms with Crippen LogP contribution in [0.2, 0.25) is 0 Å². The van der Waals surface area contributed by atoms with E-state index in [0.717, 1.165) is 17.5 Å². The lowest BCUT2D eigenvalue weighted by Gasteiger charge is -2.44. The lowest BCUT2D eigenvalue weighted by atomic mass is 9.79. The van der Waals surface area contributed by atoms with Gasteiger partial charge in [-0.05, 0) is 42.7 Å². The monoisotopic (exact) mass is 668 g/mol. The van der Waals surface area contributed by atoms with Gasteiger partial charge in [-0.2, -0.15) is 0 Å². The molecule has 1 fully saturated rings. The van der Waals surface area contributed by atoms with Crippen LogP contribution in [0.1, 0.15) is 42.1 Å². The second-order valence-corrected chi connectivity index (χ2v) is 12.5. The van der Waals surface area contributed by atoms with Crippen molar-refractivity contribution in [2.45, 2.75) is 54.8 Å². The molecule has 0 bridgehead atoms. The van der Waals surface area contributed by atoms with Crippen molar-refractivity contribution in [1.29, 1.82) is 0 Å². The van der Waals surface area contributed by atoms with E-state index in [1.165, 1.54) is 26.3 Å². The highest BCUT2D eigenvalue weighted by atomic mass is 35.5. The molecule has 0 saturated carbocycles. The van der Waals surface area contributed by atoms with Gasteiger partial charge in [0.05, 0.1) is 12.8 Å². The van der Waals surface area contributed by atoms with Gasteiger partial charge in [0, 0.05) is 49.4 Å². The number of amides is 1. The van der Waals surface area contributed by atoms with Crippen molar-refractivity contribution in [3.8, 4) is 5.88 Å². The van der Waals surface area contributed by atoms with Crippen molar-refractivity contribution in [1.82, 2.24) is 25.9 Å². The Morgan fingerprint density at radius 2 is 1.96 bits per heavy atom. The fourth-order valence-corrected chi connectivity index (χ4v) is 6.25. The number of hydrogen-bond acceptors (Lipinski definition) is 8. The molecule has 5 N–H and O–H groups in total. The highest BCUT2D eigenvalue weighted by molar-refractivity contribution is 6.55. The Kier molecular flexibility index (Phi) is 10.3. The molecule has 3 unspecified atom stereocenters. The molecule has 0 radical (unpaired) electrons. The summed E-state index contributed by atoms with van der Waals surface area (Å²) < 4.78 is 20.0. The molecule has 0 spiro atoms. The second-order valence-electron chi connectivity index (χ2n) is 11.2. The normalized spacial score (nSPS) is 20.9. The van der Waals surface area contributed by atoms with E-state index in [2.05, 4.69) is 26.3 Å². The number of nitrogens with zero attached hydrogens (tertiary/aromatic N) is 2. The van der Waals surface area contributed by atoms with Gasteiger partial charge in [0.25, 0.3) is 0 Å². The molecule has 3 aromatic rings. The molecule has 2 aromatic heterocycles. The van der Waals surface area contributed by atoms with E-state index in [1.807, 2.05) is 36.4 Å². The summed E-state index contributed by atoms with van der Waals surface area (Å²) in [6.45, 7) is 2.42. The van der Waals surface area contributed by atoms with Gasteiger partial charge in [0.1, 0.15) is 11.6 Å². The van der Waals surface area contributed by atoms with Crippen molar-refractivity contribution < 1.29 is 23.8 Å². The van der Waals surface area contributed by atoms with Crippen LogP contribution in [0.25, 0.3) is 5.57 Å². The summed E-state index contributed by atoms with van der Waals surface area (Å²) in [7, 11) is 1.50. The Balaban J connectivity index is 1.52. The van der Waals surface area contributed by atoms with E-state index >= 15 is 4.39 Å². The van der Waals surface area contributed by atoms with Gasteiger partial charge in [0.15, 0.2) is 16.0 Å². The number of alkyl halides is 2. The fraction of sp³-hybridized carbons (Fsp3) is 0.333. The number of anilines is 1. The smallest absolute Gasteiger partial charge is 0.320 e. The molecule has 1 aliphatic carbocycles. The molecule has 1 amide bonds. The van der Waals surface area contributed by atoms with Crippen molar-refractivity contribution in [2.75, 3.05) is 19.0 Å². The number of aromatic nitrogens is 2. The number of pyridine rings is 2. The zero-order chi connectivity index (χ0) is 32.9. The maximum atomic E-state index is 16.0. The fourth-order valence-electron chi connectivity index (χ4n) is 5.49. The van der Waals surface area contributed by atoms with Crippen LogP contribution in [0.15, 0.2) is 73.0 Å². The topological polar surface area (TPSA) is 138 Å². The van der Waals surface area contributed by atoms with Crippen LogP contribution >= 0.6 is 23.2 Å². The van der Waals surface area contributed by atoms with Gasteiger partial charge in [-0.1, -0.05) is 71.8 Å². The lowest BCUT2D eigenvalue weighted by Crippen LogP contribution is -2.51. The number of allylic oxidation sites excluding steroid dienone is 2. The number of carbonyl (C=O) groups excluding carboxylic acids is 1. The third kappa shape index (κ3) is 6.87. The number of methoxy groups -OCH3 is 1. The standard InChI is InChI=1S/C33H35Cl2FN6O4/c1-20(31(44)45)39-18-22-14-16-38-29(28(22)36)42-32(15-6-9-25(33(32,34)35)21-7-4-3-5-8-21)26-12-10-23(30(41-26)46-2)17-37-19-24-11-13-27(43)40-24/h3-10,12,14-16,20,24,37,39H,11,13,17-19H2,1-2H3,(H,38,42)(H,40,43)(H,44,45). The second kappa shape index (κ2) is 14.2. The minimum atomic E-state index is -1.75. The van der Waals surface area contributed by atoms with Crippen LogP contribution in [0.3, 0.4) is 0 Å². The van der Waals surface area contributed by atoms with E-state index in [1.54, 1.807) is 24.3 Å². The summed E-state index contributed by atoms with van der Waals surface area (Å²) in [5.41, 5.74) is 1.03. The Morgan fingerprint density at radius 3 is 2.65 bits per heavy atom. The first-order valence-corrected chi connectivity index (χ1v) is 15.6. The van der Waals surface area contributed by atoms with E-state index in [0.29, 0.717) is 36.7 Å². The number of aliphatic carboxylic acids is 1. The predicted molar refractivity (Wildman–Crippen MR) is 175 cm³/mol. The maximum Gasteiger partial charge on any atom is 0.320 e. The molecular weight excluding hydrogens is 634 g/mol. The first-order chi connectivity index (χ1) is 22.1. The van der Waals surface area contributed by atoms with Gasteiger partial charge < -0.3 is 31.1 Å². The number of ether oxygens (including phenoxy) is 1. The molecule has 1 aliphatic heterocycles. The van der Waals surface area contributed by atoms with E-state index < -0.39 is 27.7 Å². The summed E-state index contributed by atoms with van der Waals surface area (Å²) in [6, 6.07) is 13.6. The minimum Gasteiger partial charge on any atom is -0.481 e. The summed E-state index contributed by atoms with van der Waals surface area (Å²) in [4.78, 5) is 32.0. The molecule has 242 valence electrons. The molecule has 3 heterocycles. The summed E-state index contributed by atoms with van der Waals surface area (Å²) in [5.74, 6) is -1.56. The zero-order valence-corrected chi connectivity index (χ0v) is 26.8. The predicted octanol–water partition coefficient (Wildman–Crippen LogP) is 4.69. The Morgan fingerprint density at radius 1 is 1.17 bits per heavy atom. The van der Waals surface area contributed by atoms with E-state index in [9.17, 15) is 14.7 Å². The molecule has 5 rings (SSSR count). The number of rotatable bonds is 13. The average Bonchev–Trinajstić information content (AvgIpc) is 3.47. The number of carboxylic acid groups (broad SMARTS) is 1. The van der Waals surface area contributed by atoms with Gasteiger partial charge in [-0.3, -0.25) is 9.59 Å². The first kappa shape index (κ1) is 33.3. The minimum absolute atomic E-state index is 0.0471. The van der Waals surface area contributed by atoms with Crippen LogP contribution in [0.5, 0.6) is 5.88 Å². The molecule has 1 saturated heterocycles. The Labute approximate surface area is 276 Å². The van der Waals surface area contributed by atoms with Gasteiger partial charge >= 0.3 is 5.97 Å². The number of nitrogens with one attached hydrogen (secondary N) is 4. The van der Waals surface area contributed by atoms with Gasteiger partial charge in [0.2, 0.25) is 11.8 Å². The zero-order valence-electron chi connectivity index (χ0n) is 25.3. The number of carbonyl (C=O) groups is 2. The molecular formula is C33H35Cl2FN6O4.